The minimum atomic E-state index is -0.641. The molecule has 1 aliphatic rings. The van der Waals surface area contributed by atoms with Gasteiger partial charge in [-0.15, -0.1) is 0 Å². The van der Waals surface area contributed by atoms with Crippen molar-refractivity contribution in [2.24, 2.45) is 0 Å². The fourth-order valence-electron chi connectivity index (χ4n) is 2.02. The fourth-order valence-corrected chi connectivity index (χ4v) is 2.02. The third-order valence-electron chi connectivity index (χ3n) is 3.04. The lowest BCUT2D eigenvalue weighted by molar-refractivity contribution is 0.183. The van der Waals surface area contributed by atoms with E-state index in [1.54, 1.807) is 6.92 Å². The second-order valence-electron chi connectivity index (χ2n) is 4.40. The summed E-state index contributed by atoms with van der Waals surface area (Å²) in [4.78, 5) is 4.24. The zero-order chi connectivity index (χ0) is 10.2. The molecule has 0 aliphatic heterocycles. The average molecular weight is 196 g/mol. The molecule has 0 radical (unpaired) electrons. The first-order chi connectivity index (χ1) is 6.62. The van der Waals surface area contributed by atoms with E-state index < -0.39 is 6.10 Å². The Morgan fingerprint density at radius 1 is 1.43 bits per heavy atom. The molecule has 1 saturated carbocycles. The van der Waals surface area contributed by atoms with Gasteiger partial charge in [-0.05, 0) is 19.8 Å². The largest absolute Gasteiger partial charge is 0.385 e. The lowest BCUT2D eigenvalue weighted by Gasteiger charge is -2.16. The summed E-state index contributed by atoms with van der Waals surface area (Å²) in [5.41, 5.74) is 0.0418. The van der Waals surface area contributed by atoms with E-state index in [0.29, 0.717) is 11.7 Å². The van der Waals surface area contributed by atoms with E-state index in [0.717, 1.165) is 12.8 Å². The summed E-state index contributed by atoms with van der Waals surface area (Å²) in [6.07, 6.45) is 4.02. The summed E-state index contributed by atoms with van der Waals surface area (Å²) < 4.78 is 5.19. The number of hydrogen-bond donors (Lipinski definition) is 1. The monoisotopic (exact) mass is 196 g/mol. The minimum Gasteiger partial charge on any atom is -0.385 e. The number of hydrogen-bond acceptors (Lipinski definition) is 4. The van der Waals surface area contributed by atoms with Crippen LogP contribution < -0.4 is 0 Å². The lowest BCUT2D eigenvalue weighted by atomic mass is 9.89. The molecule has 1 N–H and O–H groups in total. The van der Waals surface area contributed by atoms with E-state index in [1.165, 1.54) is 12.8 Å². The molecule has 2 rings (SSSR count). The van der Waals surface area contributed by atoms with Crippen molar-refractivity contribution in [1.82, 2.24) is 10.1 Å². The summed E-state index contributed by atoms with van der Waals surface area (Å²) in [5.74, 6) is 1.08. The molecule has 14 heavy (non-hydrogen) atoms. The van der Waals surface area contributed by atoms with Crippen molar-refractivity contribution >= 4 is 0 Å². The van der Waals surface area contributed by atoms with Crippen LogP contribution in [-0.4, -0.2) is 15.2 Å². The lowest BCUT2D eigenvalue weighted by Crippen LogP contribution is -2.17. The second kappa shape index (κ2) is 3.35. The van der Waals surface area contributed by atoms with Gasteiger partial charge in [-0.1, -0.05) is 24.9 Å². The highest BCUT2D eigenvalue weighted by molar-refractivity contribution is 5.06. The maximum atomic E-state index is 9.28. The normalized spacial score (nSPS) is 22.5. The summed E-state index contributed by atoms with van der Waals surface area (Å²) in [5, 5.41) is 13.0. The molecule has 1 aromatic heterocycles. The Morgan fingerprint density at radius 3 is 2.57 bits per heavy atom. The maximum Gasteiger partial charge on any atom is 0.232 e. The van der Waals surface area contributed by atoms with E-state index in [1.807, 2.05) is 0 Å². The van der Waals surface area contributed by atoms with Crippen LogP contribution in [0.1, 0.15) is 57.3 Å². The Balaban J connectivity index is 2.23. The van der Waals surface area contributed by atoms with Gasteiger partial charge in [0.05, 0.1) is 0 Å². The van der Waals surface area contributed by atoms with Gasteiger partial charge in [0, 0.05) is 5.41 Å². The number of rotatable bonds is 2. The predicted octanol–water partition coefficient (Wildman–Crippen LogP) is 1.95. The number of nitrogens with zero attached hydrogens (tertiary/aromatic N) is 2. The molecular weight excluding hydrogens is 180 g/mol. The van der Waals surface area contributed by atoms with Gasteiger partial charge in [0.1, 0.15) is 6.10 Å². The highest BCUT2D eigenvalue weighted by atomic mass is 16.5. The molecule has 0 amide bonds. The quantitative estimate of drug-likeness (QED) is 0.785. The molecule has 1 fully saturated rings. The summed E-state index contributed by atoms with van der Waals surface area (Å²) >= 11 is 0. The van der Waals surface area contributed by atoms with Crippen molar-refractivity contribution < 1.29 is 9.63 Å². The van der Waals surface area contributed by atoms with Crippen molar-refractivity contribution in [3.05, 3.63) is 11.7 Å². The first kappa shape index (κ1) is 9.65. The number of aromatic nitrogens is 2. The molecule has 0 aromatic carbocycles. The highest BCUT2D eigenvalue weighted by Crippen LogP contribution is 2.39. The predicted molar refractivity (Wildman–Crippen MR) is 50.8 cm³/mol. The van der Waals surface area contributed by atoms with Crippen LogP contribution in [0.15, 0.2) is 4.52 Å². The molecule has 1 aromatic rings. The summed E-state index contributed by atoms with van der Waals surface area (Å²) in [6, 6.07) is 0. The molecule has 1 unspecified atom stereocenters. The third-order valence-corrected chi connectivity index (χ3v) is 3.04. The summed E-state index contributed by atoms with van der Waals surface area (Å²) in [6.45, 7) is 3.80. The van der Waals surface area contributed by atoms with Crippen LogP contribution >= 0.6 is 0 Å². The molecule has 78 valence electrons. The van der Waals surface area contributed by atoms with Crippen LogP contribution in [0.3, 0.4) is 0 Å². The zero-order valence-corrected chi connectivity index (χ0v) is 8.66. The van der Waals surface area contributed by atoms with Crippen LogP contribution in [0, 0.1) is 0 Å². The minimum absolute atomic E-state index is 0.0418. The molecule has 1 heterocycles. The Labute approximate surface area is 83.3 Å². The van der Waals surface area contributed by atoms with Gasteiger partial charge < -0.3 is 9.63 Å². The Bertz CT molecular complexity index is 314. The highest BCUT2D eigenvalue weighted by Gasteiger charge is 2.36. The molecule has 0 saturated heterocycles. The van der Waals surface area contributed by atoms with Crippen molar-refractivity contribution in [2.75, 3.05) is 0 Å². The van der Waals surface area contributed by atoms with Crippen molar-refractivity contribution in [3.63, 3.8) is 0 Å². The molecule has 4 heteroatoms. The zero-order valence-electron chi connectivity index (χ0n) is 8.66. The Hall–Kier alpha value is -0.900. The van der Waals surface area contributed by atoms with Gasteiger partial charge in [0.25, 0.3) is 0 Å². The van der Waals surface area contributed by atoms with Gasteiger partial charge in [-0.3, -0.25) is 0 Å². The molecule has 0 spiro atoms. The topological polar surface area (TPSA) is 59.2 Å². The van der Waals surface area contributed by atoms with Gasteiger partial charge in [0.2, 0.25) is 5.89 Å². The van der Waals surface area contributed by atoms with Gasteiger partial charge in [0.15, 0.2) is 5.82 Å². The maximum absolute atomic E-state index is 9.28. The Kier molecular flexibility index (Phi) is 2.31. The van der Waals surface area contributed by atoms with E-state index in [-0.39, 0.29) is 5.41 Å². The van der Waals surface area contributed by atoms with Crippen LogP contribution in [0.25, 0.3) is 0 Å². The van der Waals surface area contributed by atoms with Crippen LogP contribution in [0.2, 0.25) is 0 Å². The second-order valence-corrected chi connectivity index (χ2v) is 4.40. The smallest absolute Gasteiger partial charge is 0.232 e. The standard InChI is InChI=1S/C10H16N2O2/c1-7(13)8-11-9(14-12-8)10(2)5-3-4-6-10/h7,13H,3-6H2,1-2H3. The van der Waals surface area contributed by atoms with E-state index in [4.69, 9.17) is 4.52 Å². The van der Waals surface area contributed by atoms with E-state index in [9.17, 15) is 5.11 Å². The molecule has 1 aliphatic carbocycles. The van der Waals surface area contributed by atoms with Crippen LogP contribution in [0.5, 0.6) is 0 Å². The van der Waals surface area contributed by atoms with Gasteiger partial charge in [-0.25, -0.2) is 0 Å². The first-order valence-corrected chi connectivity index (χ1v) is 5.14. The van der Waals surface area contributed by atoms with Crippen molar-refractivity contribution in [1.29, 1.82) is 0 Å². The number of aliphatic hydroxyl groups excluding tert-OH is 1. The average Bonchev–Trinajstić information content (AvgIpc) is 2.71. The Morgan fingerprint density at radius 2 is 2.07 bits per heavy atom. The van der Waals surface area contributed by atoms with E-state index in [2.05, 4.69) is 17.1 Å². The van der Waals surface area contributed by atoms with Crippen molar-refractivity contribution in [3.8, 4) is 0 Å². The van der Waals surface area contributed by atoms with Gasteiger partial charge in [-0.2, -0.15) is 4.98 Å². The third kappa shape index (κ3) is 1.54. The first-order valence-electron chi connectivity index (χ1n) is 5.14. The molecular formula is C10H16N2O2. The molecule has 1 atom stereocenters. The summed E-state index contributed by atoms with van der Waals surface area (Å²) in [7, 11) is 0. The number of aliphatic hydroxyl groups is 1. The van der Waals surface area contributed by atoms with Gasteiger partial charge >= 0.3 is 0 Å². The van der Waals surface area contributed by atoms with Crippen molar-refractivity contribution in [2.45, 2.75) is 51.0 Å². The van der Waals surface area contributed by atoms with E-state index >= 15 is 0 Å². The SMILES string of the molecule is CC(O)c1noc(C2(C)CCCC2)n1. The molecule has 4 nitrogen and oxygen atoms in total. The van der Waals surface area contributed by atoms with Crippen LogP contribution in [0.4, 0.5) is 0 Å². The van der Waals surface area contributed by atoms with Crippen LogP contribution in [-0.2, 0) is 5.41 Å². The molecule has 0 bridgehead atoms. The fraction of sp³-hybridized carbons (Fsp3) is 0.800.